The molecule has 3 N–H and O–H groups in total. The van der Waals surface area contributed by atoms with Gasteiger partial charge in [-0.25, -0.2) is 4.39 Å². The summed E-state index contributed by atoms with van der Waals surface area (Å²) in [7, 11) is 3.12. The third kappa shape index (κ3) is 4.01. The van der Waals surface area contributed by atoms with Gasteiger partial charge in [0.15, 0.2) is 0 Å². The van der Waals surface area contributed by atoms with E-state index in [1.165, 1.54) is 12.1 Å². The third-order valence-electron chi connectivity index (χ3n) is 3.99. The summed E-state index contributed by atoms with van der Waals surface area (Å²) in [6, 6.07) is 11.1. The molecule has 1 amide bonds. The summed E-state index contributed by atoms with van der Waals surface area (Å²) in [6.45, 7) is 0.259. The molecule has 0 bridgehead atoms. The van der Waals surface area contributed by atoms with Gasteiger partial charge >= 0.3 is 0 Å². The third-order valence-corrected chi connectivity index (χ3v) is 4.85. The Bertz CT molecular complexity index is 957. The smallest absolute Gasteiger partial charge is 0.265 e. The van der Waals surface area contributed by atoms with E-state index in [-0.39, 0.29) is 24.0 Å². The first-order valence-corrected chi connectivity index (χ1v) is 8.81. The highest BCUT2D eigenvalue weighted by Gasteiger charge is 2.19. The summed E-state index contributed by atoms with van der Waals surface area (Å²) < 4.78 is 27.8. The maximum atomic E-state index is 13.1. The van der Waals surface area contributed by atoms with E-state index < -0.39 is 0 Å². The van der Waals surface area contributed by atoms with Crippen LogP contribution in [0.25, 0.3) is 11.3 Å². The fourth-order valence-corrected chi connectivity index (χ4v) is 3.27. The zero-order chi connectivity index (χ0) is 19.4. The number of amides is 1. The van der Waals surface area contributed by atoms with Crippen LogP contribution in [0.2, 0.25) is 0 Å². The second-order valence-corrected chi connectivity index (χ2v) is 6.41. The molecule has 3 aromatic rings. The molecule has 0 saturated carbocycles. The van der Waals surface area contributed by atoms with Crippen LogP contribution in [0.1, 0.15) is 15.2 Å². The number of nitrogens with zero attached hydrogens (tertiary/aromatic N) is 1. The Morgan fingerprint density at radius 2 is 1.93 bits per heavy atom. The molecule has 0 aliphatic carbocycles. The van der Waals surface area contributed by atoms with Crippen LogP contribution in [0.5, 0.6) is 11.5 Å². The molecule has 27 heavy (non-hydrogen) atoms. The molecule has 0 saturated heterocycles. The van der Waals surface area contributed by atoms with Crippen LogP contribution in [0.3, 0.4) is 0 Å². The largest absolute Gasteiger partial charge is 0.497 e. The van der Waals surface area contributed by atoms with E-state index in [0.29, 0.717) is 27.6 Å². The van der Waals surface area contributed by atoms with Gasteiger partial charge in [0.05, 0.1) is 19.9 Å². The van der Waals surface area contributed by atoms with Gasteiger partial charge in [0, 0.05) is 23.7 Å². The molecule has 0 atom stereocenters. The molecule has 0 aliphatic heterocycles. The van der Waals surface area contributed by atoms with Gasteiger partial charge in [-0.15, -0.1) is 0 Å². The number of rotatable bonds is 6. The van der Waals surface area contributed by atoms with E-state index in [9.17, 15) is 9.18 Å². The molecule has 0 radical (unpaired) electrons. The first-order chi connectivity index (χ1) is 13.0. The van der Waals surface area contributed by atoms with Crippen molar-refractivity contribution in [2.24, 2.45) is 0 Å². The number of carbonyl (C=O) groups excluding carboxylic acids is 1. The summed E-state index contributed by atoms with van der Waals surface area (Å²) in [4.78, 5) is 12.8. The minimum atomic E-state index is -0.348. The summed E-state index contributed by atoms with van der Waals surface area (Å²) in [5.41, 5.74) is 8.28. The Morgan fingerprint density at radius 3 is 2.59 bits per heavy atom. The molecule has 6 nitrogen and oxygen atoms in total. The second kappa shape index (κ2) is 8.05. The lowest BCUT2D eigenvalue weighted by molar-refractivity contribution is 0.0955. The maximum Gasteiger partial charge on any atom is 0.265 e. The number of hydrogen-bond acceptors (Lipinski definition) is 6. The van der Waals surface area contributed by atoms with E-state index in [4.69, 9.17) is 15.2 Å². The first-order valence-electron chi connectivity index (χ1n) is 8.03. The van der Waals surface area contributed by atoms with Crippen LogP contribution >= 0.6 is 11.5 Å². The number of benzene rings is 2. The van der Waals surface area contributed by atoms with Crippen LogP contribution in [0.15, 0.2) is 42.5 Å². The van der Waals surface area contributed by atoms with Crippen LogP contribution in [0, 0.1) is 5.82 Å². The molecular formula is C19H18FN3O3S. The number of nitrogens with two attached hydrogens (primary N) is 1. The summed E-state index contributed by atoms with van der Waals surface area (Å²) in [6.07, 6.45) is 0. The van der Waals surface area contributed by atoms with Gasteiger partial charge in [0.25, 0.3) is 5.91 Å². The Morgan fingerprint density at radius 1 is 1.19 bits per heavy atom. The summed E-state index contributed by atoms with van der Waals surface area (Å²) in [5, 5.41) is 2.81. The fourth-order valence-electron chi connectivity index (χ4n) is 2.53. The van der Waals surface area contributed by atoms with Crippen molar-refractivity contribution in [2.75, 3.05) is 20.0 Å². The minimum absolute atomic E-state index is 0.259. The topological polar surface area (TPSA) is 86.5 Å². The van der Waals surface area contributed by atoms with Crippen LogP contribution in [-0.2, 0) is 6.54 Å². The van der Waals surface area contributed by atoms with E-state index in [2.05, 4.69) is 9.69 Å². The number of hydrogen-bond donors (Lipinski definition) is 2. The van der Waals surface area contributed by atoms with Gasteiger partial charge in [-0.1, -0.05) is 0 Å². The molecule has 1 aromatic heterocycles. The monoisotopic (exact) mass is 387 g/mol. The molecule has 2 aromatic carbocycles. The zero-order valence-electron chi connectivity index (χ0n) is 14.8. The highest BCUT2D eigenvalue weighted by atomic mass is 32.1. The number of methoxy groups -OCH3 is 2. The number of halogens is 1. The number of aromatic nitrogens is 1. The Balaban J connectivity index is 1.75. The van der Waals surface area contributed by atoms with E-state index in [1.54, 1.807) is 38.5 Å². The van der Waals surface area contributed by atoms with Crippen LogP contribution < -0.4 is 20.5 Å². The molecule has 1 heterocycles. The number of nitrogens with one attached hydrogen (secondary N) is 1. The Hall–Kier alpha value is -3.13. The molecule has 140 valence electrons. The zero-order valence-corrected chi connectivity index (χ0v) is 15.6. The molecule has 0 aliphatic rings. The van der Waals surface area contributed by atoms with Gasteiger partial charge < -0.3 is 20.5 Å². The molecule has 0 fully saturated rings. The summed E-state index contributed by atoms with van der Waals surface area (Å²) >= 11 is 1.00. The SMILES string of the molecule is COc1ccc(CNC(=O)c2snc(-c3ccc(F)cc3)c2N)c(OC)c1. The lowest BCUT2D eigenvalue weighted by Gasteiger charge is -2.11. The Kier molecular flexibility index (Phi) is 5.56. The van der Waals surface area contributed by atoms with Crippen molar-refractivity contribution in [3.8, 4) is 22.8 Å². The van der Waals surface area contributed by atoms with Crippen molar-refractivity contribution in [1.29, 1.82) is 0 Å². The highest BCUT2D eigenvalue weighted by molar-refractivity contribution is 7.09. The number of carbonyl (C=O) groups is 1. The predicted molar refractivity (Wildman–Crippen MR) is 103 cm³/mol. The van der Waals surface area contributed by atoms with E-state index >= 15 is 0 Å². The lowest BCUT2D eigenvalue weighted by Crippen LogP contribution is -2.23. The van der Waals surface area contributed by atoms with Crippen molar-refractivity contribution >= 4 is 23.1 Å². The lowest BCUT2D eigenvalue weighted by atomic mass is 10.1. The molecule has 3 rings (SSSR count). The first kappa shape index (κ1) is 18.7. The van der Waals surface area contributed by atoms with Crippen molar-refractivity contribution in [1.82, 2.24) is 9.69 Å². The maximum absolute atomic E-state index is 13.1. The fraction of sp³-hybridized carbons (Fsp3) is 0.158. The number of ether oxygens (including phenoxy) is 2. The van der Waals surface area contributed by atoms with Crippen molar-refractivity contribution < 1.29 is 18.7 Å². The standard InChI is InChI=1S/C19H18FN3O3S/c1-25-14-8-5-12(15(9-14)26-2)10-22-19(24)18-16(21)17(23-27-18)11-3-6-13(20)7-4-11/h3-9H,10,21H2,1-2H3,(H,22,24). The van der Waals surface area contributed by atoms with Gasteiger partial charge in [-0.3, -0.25) is 4.79 Å². The summed E-state index contributed by atoms with van der Waals surface area (Å²) in [5.74, 6) is 0.590. The number of nitrogen functional groups attached to an aromatic ring is 1. The normalized spacial score (nSPS) is 10.5. The van der Waals surface area contributed by atoms with Crippen molar-refractivity contribution in [2.45, 2.75) is 6.54 Å². The quantitative estimate of drug-likeness (QED) is 0.676. The van der Waals surface area contributed by atoms with Crippen molar-refractivity contribution in [3.05, 3.63) is 58.7 Å². The van der Waals surface area contributed by atoms with Crippen LogP contribution in [0.4, 0.5) is 10.1 Å². The highest BCUT2D eigenvalue weighted by Crippen LogP contribution is 2.31. The molecule has 8 heteroatoms. The number of anilines is 1. The minimum Gasteiger partial charge on any atom is -0.497 e. The molecular weight excluding hydrogens is 369 g/mol. The van der Waals surface area contributed by atoms with Gasteiger partial charge in [0.1, 0.15) is 27.9 Å². The second-order valence-electron chi connectivity index (χ2n) is 5.64. The average molecular weight is 387 g/mol. The van der Waals surface area contributed by atoms with E-state index in [0.717, 1.165) is 17.1 Å². The van der Waals surface area contributed by atoms with Gasteiger partial charge in [0.2, 0.25) is 0 Å². The molecule has 0 spiro atoms. The average Bonchev–Trinajstić information content (AvgIpc) is 3.08. The van der Waals surface area contributed by atoms with Crippen molar-refractivity contribution in [3.63, 3.8) is 0 Å². The van der Waals surface area contributed by atoms with Crippen LogP contribution in [-0.4, -0.2) is 24.5 Å². The Labute approximate surface area is 159 Å². The van der Waals surface area contributed by atoms with Gasteiger partial charge in [-0.05, 0) is 47.9 Å². The van der Waals surface area contributed by atoms with Gasteiger partial charge in [-0.2, -0.15) is 4.37 Å². The van der Waals surface area contributed by atoms with E-state index in [1.807, 2.05) is 6.07 Å². The predicted octanol–water partition coefficient (Wildman–Crippen LogP) is 3.48. The molecule has 0 unspecified atom stereocenters.